The van der Waals surface area contributed by atoms with Crippen molar-refractivity contribution in [1.29, 1.82) is 0 Å². The Morgan fingerprint density at radius 3 is 2.29 bits per heavy atom. The van der Waals surface area contributed by atoms with Gasteiger partial charge < -0.3 is 10.6 Å². The van der Waals surface area contributed by atoms with E-state index in [2.05, 4.69) is 10.6 Å². The van der Waals surface area contributed by atoms with E-state index in [1.165, 1.54) is 24.3 Å². The number of amides is 2. The van der Waals surface area contributed by atoms with E-state index in [1.54, 1.807) is 11.9 Å². The highest BCUT2D eigenvalue weighted by molar-refractivity contribution is 5.97. The van der Waals surface area contributed by atoms with Crippen LogP contribution in [0.2, 0.25) is 0 Å². The smallest absolute Gasteiger partial charge is 0.246 e. The van der Waals surface area contributed by atoms with Crippen molar-refractivity contribution >= 4 is 23.2 Å². The predicted molar refractivity (Wildman–Crippen MR) is 121 cm³/mol. The monoisotopic (exact) mass is 419 g/mol. The van der Waals surface area contributed by atoms with Crippen LogP contribution < -0.4 is 10.6 Å². The summed E-state index contributed by atoms with van der Waals surface area (Å²) in [7, 11) is 1.73. The highest BCUT2D eigenvalue weighted by Gasteiger charge is 2.27. The molecule has 0 aliphatic rings. The molecule has 3 rings (SSSR count). The van der Waals surface area contributed by atoms with E-state index >= 15 is 0 Å². The second-order valence-electron chi connectivity index (χ2n) is 7.59. The maximum absolute atomic E-state index is 13.3. The second-order valence-corrected chi connectivity index (χ2v) is 7.59. The number of nitrogens with zero attached hydrogens (tertiary/aromatic N) is 1. The number of aryl methyl sites for hydroxylation is 2. The van der Waals surface area contributed by atoms with Gasteiger partial charge in [0.15, 0.2) is 0 Å². The van der Waals surface area contributed by atoms with Gasteiger partial charge in [-0.05, 0) is 67.9 Å². The van der Waals surface area contributed by atoms with Gasteiger partial charge in [-0.1, -0.05) is 42.5 Å². The summed E-state index contributed by atoms with van der Waals surface area (Å²) >= 11 is 0. The number of carbonyl (C=O) groups is 2. The number of carbonyl (C=O) groups excluding carboxylic acids is 2. The molecular formula is C25H26FN3O2. The van der Waals surface area contributed by atoms with Gasteiger partial charge in [0.25, 0.3) is 0 Å². The summed E-state index contributed by atoms with van der Waals surface area (Å²) in [5.74, 6) is -0.895. The zero-order valence-electron chi connectivity index (χ0n) is 17.9. The summed E-state index contributed by atoms with van der Waals surface area (Å²) in [4.78, 5) is 27.5. The zero-order valence-corrected chi connectivity index (χ0v) is 17.9. The molecule has 6 heteroatoms. The lowest BCUT2D eigenvalue weighted by Crippen LogP contribution is -2.39. The Morgan fingerprint density at radius 1 is 0.935 bits per heavy atom. The number of likely N-dealkylation sites (N-methyl/N-ethyl adjacent to an activating group) is 1. The molecule has 2 N–H and O–H groups in total. The van der Waals surface area contributed by atoms with E-state index in [-0.39, 0.29) is 24.2 Å². The molecule has 2 amide bonds. The van der Waals surface area contributed by atoms with Crippen LogP contribution in [0.3, 0.4) is 0 Å². The topological polar surface area (TPSA) is 61.4 Å². The molecule has 0 radical (unpaired) electrons. The summed E-state index contributed by atoms with van der Waals surface area (Å²) in [6, 6.07) is 20.1. The Hall–Kier alpha value is -3.51. The van der Waals surface area contributed by atoms with Gasteiger partial charge >= 0.3 is 0 Å². The molecule has 0 spiro atoms. The maximum atomic E-state index is 13.3. The summed E-state index contributed by atoms with van der Waals surface area (Å²) < 4.78 is 13.1. The molecule has 0 aromatic heterocycles. The largest absolute Gasteiger partial charge is 0.325 e. The van der Waals surface area contributed by atoms with Crippen molar-refractivity contribution < 1.29 is 14.0 Å². The molecule has 160 valence electrons. The van der Waals surface area contributed by atoms with Crippen LogP contribution >= 0.6 is 0 Å². The average Bonchev–Trinajstić information content (AvgIpc) is 2.73. The number of nitrogens with one attached hydrogen (secondary N) is 2. The summed E-state index contributed by atoms with van der Waals surface area (Å²) in [5.41, 5.74) is 4.03. The van der Waals surface area contributed by atoms with Gasteiger partial charge in [0, 0.05) is 11.4 Å². The van der Waals surface area contributed by atoms with Crippen molar-refractivity contribution in [2.75, 3.05) is 24.2 Å². The van der Waals surface area contributed by atoms with E-state index in [0.717, 1.165) is 22.4 Å². The standard InChI is InChI=1S/C25H26FN3O2/c1-17-9-10-18(2)22(15-17)28-25(31)24(19-7-5-4-6-8-19)29(3)16-23(30)27-21-13-11-20(26)12-14-21/h4-15,24H,16H2,1-3H3,(H,27,30)(H,28,31). The summed E-state index contributed by atoms with van der Waals surface area (Å²) in [5, 5.41) is 5.74. The highest BCUT2D eigenvalue weighted by atomic mass is 19.1. The molecule has 0 saturated heterocycles. The molecular weight excluding hydrogens is 393 g/mol. The van der Waals surface area contributed by atoms with E-state index in [4.69, 9.17) is 0 Å². The average molecular weight is 420 g/mol. The third kappa shape index (κ3) is 5.99. The summed E-state index contributed by atoms with van der Waals surface area (Å²) in [6.07, 6.45) is 0. The van der Waals surface area contributed by atoms with Crippen molar-refractivity contribution in [3.63, 3.8) is 0 Å². The number of hydrogen-bond acceptors (Lipinski definition) is 3. The van der Waals surface area contributed by atoms with Crippen molar-refractivity contribution in [1.82, 2.24) is 4.90 Å². The molecule has 5 nitrogen and oxygen atoms in total. The molecule has 0 bridgehead atoms. The van der Waals surface area contributed by atoms with Crippen molar-refractivity contribution in [2.24, 2.45) is 0 Å². The molecule has 1 unspecified atom stereocenters. The molecule has 3 aromatic rings. The number of halogens is 1. The second kappa shape index (κ2) is 10.00. The van der Waals surface area contributed by atoms with Gasteiger partial charge in [-0.25, -0.2) is 4.39 Å². The number of benzene rings is 3. The molecule has 0 saturated carbocycles. The zero-order chi connectivity index (χ0) is 22.4. The highest BCUT2D eigenvalue weighted by Crippen LogP contribution is 2.24. The van der Waals surface area contributed by atoms with Gasteiger partial charge in [0.2, 0.25) is 11.8 Å². The Bertz CT molecular complexity index is 1050. The lowest BCUT2D eigenvalue weighted by atomic mass is 10.0. The van der Waals surface area contributed by atoms with E-state index in [9.17, 15) is 14.0 Å². The Morgan fingerprint density at radius 2 is 1.61 bits per heavy atom. The number of anilines is 2. The fourth-order valence-electron chi connectivity index (χ4n) is 3.36. The van der Waals surface area contributed by atoms with Crippen LogP contribution in [-0.2, 0) is 9.59 Å². The van der Waals surface area contributed by atoms with Crippen LogP contribution in [0, 0.1) is 19.7 Å². The van der Waals surface area contributed by atoms with Gasteiger partial charge in [-0.2, -0.15) is 0 Å². The van der Waals surface area contributed by atoms with Crippen LogP contribution in [0.4, 0.5) is 15.8 Å². The van der Waals surface area contributed by atoms with Gasteiger partial charge in [0.1, 0.15) is 11.9 Å². The Kier molecular flexibility index (Phi) is 7.15. The lowest BCUT2D eigenvalue weighted by molar-refractivity contribution is -0.123. The van der Waals surface area contributed by atoms with Crippen molar-refractivity contribution in [2.45, 2.75) is 19.9 Å². The van der Waals surface area contributed by atoms with E-state index in [0.29, 0.717) is 5.69 Å². The number of rotatable bonds is 7. The molecule has 3 aromatic carbocycles. The van der Waals surface area contributed by atoms with E-state index in [1.807, 2.05) is 62.4 Å². The van der Waals surface area contributed by atoms with Gasteiger partial charge in [0.05, 0.1) is 6.54 Å². The maximum Gasteiger partial charge on any atom is 0.246 e. The molecule has 31 heavy (non-hydrogen) atoms. The fourth-order valence-corrected chi connectivity index (χ4v) is 3.36. The third-order valence-corrected chi connectivity index (χ3v) is 4.98. The minimum Gasteiger partial charge on any atom is -0.325 e. The minimum atomic E-state index is -0.667. The molecule has 0 aliphatic carbocycles. The Labute approximate surface area is 181 Å². The van der Waals surface area contributed by atoms with Gasteiger partial charge in [-0.3, -0.25) is 14.5 Å². The SMILES string of the molecule is Cc1ccc(C)c(NC(=O)C(c2ccccc2)N(C)CC(=O)Nc2ccc(F)cc2)c1. The third-order valence-electron chi connectivity index (χ3n) is 4.98. The first kappa shape index (κ1) is 22.2. The Balaban J connectivity index is 1.78. The van der Waals surface area contributed by atoms with Crippen LogP contribution in [-0.4, -0.2) is 30.3 Å². The van der Waals surface area contributed by atoms with Crippen LogP contribution in [0.25, 0.3) is 0 Å². The fraction of sp³-hybridized carbons (Fsp3) is 0.200. The summed E-state index contributed by atoms with van der Waals surface area (Å²) in [6.45, 7) is 3.89. The normalized spacial score (nSPS) is 11.8. The first-order valence-electron chi connectivity index (χ1n) is 10.0. The van der Waals surface area contributed by atoms with Crippen molar-refractivity contribution in [3.8, 4) is 0 Å². The van der Waals surface area contributed by atoms with E-state index < -0.39 is 6.04 Å². The molecule has 0 aliphatic heterocycles. The van der Waals surface area contributed by atoms with Crippen LogP contribution in [0.1, 0.15) is 22.7 Å². The van der Waals surface area contributed by atoms with Crippen molar-refractivity contribution in [3.05, 3.63) is 95.3 Å². The van der Waals surface area contributed by atoms with Gasteiger partial charge in [-0.15, -0.1) is 0 Å². The molecule has 0 heterocycles. The first-order chi connectivity index (χ1) is 14.8. The lowest BCUT2D eigenvalue weighted by Gasteiger charge is -2.27. The predicted octanol–water partition coefficient (Wildman–Crippen LogP) is 4.69. The molecule has 1 atom stereocenters. The van der Waals surface area contributed by atoms with Crippen LogP contribution in [0.5, 0.6) is 0 Å². The number of hydrogen-bond donors (Lipinski definition) is 2. The first-order valence-corrected chi connectivity index (χ1v) is 10.0. The van der Waals surface area contributed by atoms with Crippen LogP contribution in [0.15, 0.2) is 72.8 Å². The minimum absolute atomic E-state index is 0.0167. The quantitative estimate of drug-likeness (QED) is 0.584. The molecule has 0 fully saturated rings.